The Morgan fingerprint density at radius 1 is 1.09 bits per heavy atom. The Bertz CT molecular complexity index is 1090. The molecule has 2 aromatic heterocycles. The first-order chi connectivity index (χ1) is 15.4. The molecule has 1 unspecified atom stereocenters. The van der Waals surface area contributed by atoms with E-state index in [-0.39, 0.29) is 12.0 Å². The fourth-order valence-corrected chi connectivity index (χ4v) is 3.13. The third-order valence-electron chi connectivity index (χ3n) is 4.65. The first kappa shape index (κ1) is 22.7. The van der Waals surface area contributed by atoms with Crippen molar-refractivity contribution in [2.45, 2.75) is 26.3 Å². The number of nitrogens with one attached hydrogen (secondary N) is 1. The Hall–Kier alpha value is -4.01. The van der Waals surface area contributed by atoms with Gasteiger partial charge in [0, 0.05) is 18.3 Å². The van der Waals surface area contributed by atoms with Crippen LogP contribution in [0.3, 0.4) is 0 Å². The summed E-state index contributed by atoms with van der Waals surface area (Å²) in [6.07, 6.45) is 1.61. The molecule has 9 heteroatoms. The molecule has 0 aliphatic heterocycles. The molecule has 0 saturated carbocycles. The number of amides is 1. The van der Waals surface area contributed by atoms with Gasteiger partial charge in [-0.05, 0) is 37.6 Å². The van der Waals surface area contributed by atoms with E-state index in [9.17, 15) is 14.4 Å². The van der Waals surface area contributed by atoms with Crippen molar-refractivity contribution < 1.29 is 23.9 Å². The van der Waals surface area contributed by atoms with E-state index < -0.39 is 30.5 Å². The zero-order valence-corrected chi connectivity index (χ0v) is 18.1. The molecule has 0 radical (unpaired) electrons. The third-order valence-corrected chi connectivity index (χ3v) is 4.65. The number of hydrogen-bond donors (Lipinski definition) is 1. The largest absolute Gasteiger partial charge is 0.467 e. The lowest BCUT2D eigenvalue weighted by molar-refractivity contribution is -0.145. The standard InChI is InChI=1S/C23H24N4O5/c1-15-11-16(2)27(26-15)20-10-9-18(13-24-20)22(29)32-14-21(28)25-19(23(30)31-3)12-17-7-5-4-6-8-17/h4-11,13,19H,12,14H2,1-3H3,(H,25,28). The topological polar surface area (TPSA) is 112 Å². The molecule has 1 atom stereocenters. The molecule has 0 spiro atoms. The minimum Gasteiger partial charge on any atom is -0.467 e. The monoisotopic (exact) mass is 436 g/mol. The van der Waals surface area contributed by atoms with E-state index >= 15 is 0 Å². The third kappa shape index (κ3) is 5.78. The van der Waals surface area contributed by atoms with E-state index in [1.807, 2.05) is 50.2 Å². The molecular formula is C23H24N4O5. The van der Waals surface area contributed by atoms with E-state index in [0.717, 1.165) is 17.0 Å². The van der Waals surface area contributed by atoms with E-state index in [4.69, 9.17) is 9.47 Å². The maximum absolute atomic E-state index is 12.3. The van der Waals surface area contributed by atoms with Crippen molar-refractivity contribution in [3.05, 3.63) is 77.2 Å². The lowest BCUT2D eigenvalue weighted by atomic mass is 10.1. The maximum atomic E-state index is 12.3. The molecule has 1 aromatic carbocycles. The number of nitrogens with zero attached hydrogens (tertiary/aromatic N) is 3. The number of esters is 2. The number of methoxy groups -OCH3 is 1. The van der Waals surface area contributed by atoms with Crippen molar-refractivity contribution in [2.24, 2.45) is 0 Å². The van der Waals surface area contributed by atoms with Crippen LogP contribution in [0.15, 0.2) is 54.7 Å². The normalized spacial score (nSPS) is 11.5. The molecule has 0 fully saturated rings. The zero-order valence-electron chi connectivity index (χ0n) is 18.1. The quantitative estimate of drug-likeness (QED) is 0.537. The number of carbonyl (C=O) groups excluding carboxylic acids is 3. The Morgan fingerprint density at radius 3 is 2.44 bits per heavy atom. The fraction of sp³-hybridized carbons (Fsp3) is 0.261. The summed E-state index contributed by atoms with van der Waals surface area (Å²) >= 11 is 0. The van der Waals surface area contributed by atoms with E-state index in [1.165, 1.54) is 13.3 Å². The summed E-state index contributed by atoms with van der Waals surface area (Å²) in [5.41, 5.74) is 2.82. The second kappa shape index (κ2) is 10.3. The van der Waals surface area contributed by atoms with Crippen LogP contribution in [0.2, 0.25) is 0 Å². The molecule has 1 amide bonds. The second-order valence-corrected chi connectivity index (χ2v) is 7.15. The van der Waals surface area contributed by atoms with Crippen molar-refractivity contribution in [2.75, 3.05) is 13.7 Å². The average Bonchev–Trinajstić information content (AvgIpc) is 3.15. The van der Waals surface area contributed by atoms with Gasteiger partial charge in [-0.3, -0.25) is 4.79 Å². The molecule has 2 heterocycles. The highest BCUT2D eigenvalue weighted by molar-refractivity contribution is 5.92. The van der Waals surface area contributed by atoms with Crippen molar-refractivity contribution in [1.82, 2.24) is 20.1 Å². The van der Waals surface area contributed by atoms with E-state index in [2.05, 4.69) is 15.4 Å². The lowest BCUT2D eigenvalue weighted by Gasteiger charge is -2.16. The fourth-order valence-electron chi connectivity index (χ4n) is 3.13. The van der Waals surface area contributed by atoms with Gasteiger partial charge in [0.05, 0.1) is 18.4 Å². The SMILES string of the molecule is COC(=O)C(Cc1ccccc1)NC(=O)COC(=O)c1ccc(-n2nc(C)cc2C)nc1. The van der Waals surface area contributed by atoms with Crippen LogP contribution in [-0.4, -0.2) is 52.4 Å². The van der Waals surface area contributed by atoms with Crippen LogP contribution in [0.25, 0.3) is 5.82 Å². The summed E-state index contributed by atoms with van der Waals surface area (Å²) in [5, 5.41) is 6.88. The molecule has 3 aromatic rings. The highest BCUT2D eigenvalue weighted by Gasteiger charge is 2.22. The van der Waals surface area contributed by atoms with Crippen LogP contribution in [0, 0.1) is 13.8 Å². The number of benzene rings is 1. The first-order valence-corrected chi connectivity index (χ1v) is 9.95. The smallest absolute Gasteiger partial charge is 0.340 e. The van der Waals surface area contributed by atoms with Crippen LogP contribution in [0.1, 0.15) is 27.3 Å². The molecule has 32 heavy (non-hydrogen) atoms. The summed E-state index contributed by atoms with van der Waals surface area (Å²) in [6, 6.07) is 13.4. The van der Waals surface area contributed by atoms with Crippen molar-refractivity contribution >= 4 is 17.8 Å². The number of aromatic nitrogens is 3. The number of carbonyl (C=O) groups is 3. The van der Waals surface area contributed by atoms with E-state index in [0.29, 0.717) is 5.82 Å². The Kier molecular flexibility index (Phi) is 7.33. The van der Waals surface area contributed by atoms with Crippen LogP contribution in [0.5, 0.6) is 0 Å². The molecule has 0 aliphatic rings. The van der Waals surface area contributed by atoms with Gasteiger partial charge < -0.3 is 14.8 Å². The maximum Gasteiger partial charge on any atom is 0.340 e. The van der Waals surface area contributed by atoms with Crippen LogP contribution in [-0.2, 0) is 25.5 Å². The van der Waals surface area contributed by atoms with Gasteiger partial charge in [0.1, 0.15) is 6.04 Å². The Morgan fingerprint density at radius 2 is 1.84 bits per heavy atom. The van der Waals surface area contributed by atoms with Gasteiger partial charge in [0.25, 0.3) is 5.91 Å². The van der Waals surface area contributed by atoms with Gasteiger partial charge in [0.2, 0.25) is 0 Å². The van der Waals surface area contributed by atoms with Gasteiger partial charge in [0.15, 0.2) is 12.4 Å². The van der Waals surface area contributed by atoms with Gasteiger partial charge >= 0.3 is 11.9 Å². The molecule has 9 nitrogen and oxygen atoms in total. The molecule has 3 rings (SSSR count). The van der Waals surface area contributed by atoms with Crippen molar-refractivity contribution in [1.29, 1.82) is 0 Å². The van der Waals surface area contributed by atoms with Gasteiger partial charge in [-0.15, -0.1) is 0 Å². The molecular weight excluding hydrogens is 412 g/mol. The zero-order chi connectivity index (χ0) is 23.1. The van der Waals surface area contributed by atoms with Crippen molar-refractivity contribution in [3.8, 4) is 5.82 Å². The summed E-state index contributed by atoms with van der Waals surface area (Å²) in [5.74, 6) is -1.34. The molecule has 0 bridgehead atoms. The molecule has 166 valence electrons. The highest BCUT2D eigenvalue weighted by Crippen LogP contribution is 2.11. The summed E-state index contributed by atoms with van der Waals surface area (Å²) in [4.78, 5) is 40.8. The lowest BCUT2D eigenvalue weighted by Crippen LogP contribution is -2.44. The number of aryl methyl sites for hydroxylation is 2. The average molecular weight is 436 g/mol. The predicted molar refractivity (Wildman–Crippen MR) is 115 cm³/mol. The molecule has 0 saturated heterocycles. The van der Waals surface area contributed by atoms with Crippen molar-refractivity contribution in [3.63, 3.8) is 0 Å². The first-order valence-electron chi connectivity index (χ1n) is 9.95. The number of rotatable bonds is 8. The summed E-state index contributed by atoms with van der Waals surface area (Å²) in [6.45, 7) is 3.24. The summed E-state index contributed by atoms with van der Waals surface area (Å²) < 4.78 is 11.5. The Labute approximate surface area is 185 Å². The Balaban J connectivity index is 1.56. The number of ether oxygens (including phenoxy) is 2. The minimum atomic E-state index is -0.893. The molecule has 1 N–H and O–H groups in total. The minimum absolute atomic E-state index is 0.192. The van der Waals surface area contributed by atoms with Crippen LogP contribution in [0.4, 0.5) is 0 Å². The second-order valence-electron chi connectivity index (χ2n) is 7.15. The summed E-state index contributed by atoms with van der Waals surface area (Å²) in [7, 11) is 1.25. The van der Waals surface area contributed by atoms with Gasteiger partial charge in [-0.2, -0.15) is 5.10 Å². The predicted octanol–water partition coefficient (Wildman–Crippen LogP) is 1.94. The van der Waals surface area contributed by atoms with Gasteiger partial charge in [-0.1, -0.05) is 30.3 Å². The highest BCUT2D eigenvalue weighted by atomic mass is 16.5. The van der Waals surface area contributed by atoms with Crippen LogP contribution >= 0.6 is 0 Å². The molecule has 0 aliphatic carbocycles. The number of hydrogen-bond acceptors (Lipinski definition) is 7. The van der Waals surface area contributed by atoms with E-state index in [1.54, 1.807) is 16.8 Å². The van der Waals surface area contributed by atoms with Crippen LogP contribution < -0.4 is 5.32 Å². The number of pyridine rings is 1. The van der Waals surface area contributed by atoms with Gasteiger partial charge in [-0.25, -0.2) is 19.3 Å².